The standard InChI is InChI=1S/C16H12ClNO3/c1-20-15-8-14(17)12(9-18)7-13(15)10-4-3-5-11(6-10)16(19)21-2/h3-8H,1-2H3. The molecule has 21 heavy (non-hydrogen) atoms. The van der Waals surface area contributed by atoms with Gasteiger partial charge in [-0.15, -0.1) is 0 Å². The van der Waals surface area contributed by atoms with Crippen LogP contribution in [0.1, 0.15) is 15.9 Å². The van der Waals surface area contributed by atoms with Crippen molar-refractivity contribution in [3.05, 3.63) is 52.5 Å². The number of esters is 1. The summed E-state index contributed by atoms with van der Waals surface area (Å²) in [5, 5.41) is 9.41. The SMILES string of the molecule is COC(=O)c1cccc(-c2cc(C#N)c(Cl)cc2OC)c1. The number of halogens is 1. The molecule has 0 atom stereocenters. The van der Waals surface area contributed by atoms with Crippen LogP contribution in [0.5, 0.6) is 5.75 Å². The van der Waals surface area contributed by atoms with Gasteiger partial charge in [-0.05, 0) is 23.8 Å². The quantitative estimate of drug-likeness (QED) is 0.812. The first-order valence-corrected chi connectivity index (χ1v) is 6.45. The van der Waals surface area contributed by atoms with Gasteiger partial charge in [0.15, 0.2) is 0 Å². The van der Waals surface area contributed by atoms with Crippen molar-refractivity contribution in [2.45, 2.75) is 0 Å². The lowest BCUT2D eigenvalue weighted by Crippen LogP contribution is -2.01. The van der Waals surface area contributed by atoms with Crippen molar-refractivity contribution in [3.63, 3.8) is 0 Å². The molecule has 106 valence electrons. The Morgan fingerprint density at radius 3 is 2.62 bits per heavy atom. The van der Waals surface area contributed by atoms with Crippen molar-refractivity contribution in [2.24, 2.45) is 0 Å². The fourth-order valence-corrected chi connectivity index (χ4v) is 2.16. The Labute approximate surface area is 127 Å². The zero-order valence-corrected chi connectivity index (χ0v) is 12.3. The number of ether oxygens (including phenoxy) is 2. The minimum absolute atomic E-state index is 0.322. The van der Waals surface area contributed by atoms with Gasteiger partial charge in [-0.3, -0.25) is 0 Å². The van der Waals surface area contributed by atoms with Crippen molar-refractivity contribution < 1.29 is 14.3 Å². The van der Waals surface area contributed by atoms with Crippen LogP contribution in [0.4, 0.5) is 0 Å². The molecule has 2 aromatic carbocycles. The maximum atomic E-state index is 11.6. The minimum atomic E-state index is -0.426. The monoisotopic (exact) mass is 301 g/mol. The number of nitrogens with zero attached hydrogens (tertiary/aromatic N) is 1. The van der Waals surface area contributed by atoms with Crippen LogP contribution in [-0.4, -0.2) is 20.2 Å². The second kappa shape index (κ2) is 6.29. The molecule has 0 aliphatic rings. The maximum Gasteiger partial charge on any atom is 0.337 e. The molecule has 2 aromatic rings. The Hall–Kier alpha value is -2.51. The molecule has 0 spiro atoms. The fraction of sp³-hybridized carbons (Fsp3) is 0.125. The van der Waals surface area contributed by atoms with Crippen LogP contribution >= 0.6 is 11.6 Å². The van der Waals surface area contributed by atoms with Crippen LogP contribution < -0.4 is 4.74 Å². The molecule has 0 bridgehead atoms. The number of hydrogen-bond acceptors (Lipinski definition) is 4. The third kappa shape index (κ3) is 2.99. The van der Waals surface area contributed by atoms with Crippen LogP contribution in [0.3, 0.4) is 0 Å². The Balaban J connectivity index is 2.61. The maximum absolute atomic E-state index is 11.6. The fourth-order valence-electron chi connectivity index (χ4n) is 1.97. The molecule has 5 heteroatoms. The van der Waals surface area contributed by atoms with E-state index in [1.807, 2.05) is 12.1 Å². The number of benzene rings is 2. The Bertz CT molecular complexity index is 735. The Morgan fingerprint density at radius 1 is 1.24 bits per heavy atom. The lowest BCUT2D eigenvalue weighted by Gasteiger charge is -2.11. The second-order valence-corrected chi connectivity index (χ2v) is 4.62. The van der Waals surface area contributed by atoms with Crippen molar-refractivity contribution >= 4 is 17.6 Å². The van der Waals surface area contributed by atoms with Crippen LogP contribution in [-0.2, 0) is 4.74 Å². The summed E-state index contributed by atoms with van der Waals surface area (Å²) >= 11 is 6.00. The van der Waals surface area contributed by atoms with E-state index in [1.54, 1.807) is 30.3 Å². The molecule has 0 N–H and O–H groups in total. The molecule has 0 heterocycles. The highest BCUT2D eigenvalue weighted by molar-refractivity contribution is 6.32. The highest BCUT2D eigenvalue weighted by Gasteiger charge is 2.13. The summed E-state index contributed by atoms with van der Waals surface area (Å²) in [6, 6.07) is 12.1. The van der Waals surface area contributed by atoms with Gasteiger partial charge in [-0.25, -0.2) is 4.79 Å². The number of carbonyl (C=O) groups is 1. The number of rotatable bonds is 3. The van der Waals surface area contributed by atoms with Gasteiger partial charge >= 0.3 is 5.97 Å². The zero-order chi connectivity index (χ0) is 15.4. The van der Waals surface area contributed by atoms with Gasteiger partial charge in [-0.1, -0.05) is 23.7 Å². The largest absolute Gasteiger partial charge is 0.496 e. The van der Waals surface area contributed by atoms with E-state index in [1.165, 1.54) is 14.2 Å². The molecule has 0 aliphatic carbocycles. The molecule has 2 rings (SSSR count). The smallest absolute Gasteiger partial charge is 0.337 e. The predicted molar refractivity (Wildman–Crippen MR) is 79.5 cm³/mol. The van der Waals surface area contributed by atoms with Gasteiger partial charge in [0.2, 0.25) is 0 Å². The van der Waals surface area contributed by atoms with Gasteiger partial charge < -0.3 is 9.47 Å². The average molecular weight is 302 g/mol. The minimum Gasteiger partial charge on any atom is -0.496 e. The van der Waals surface area contributed by atoms with Crippen molar-refractivity contribution in [1.29, 1.82) is 5.26 Å². The van der Waals surface area contributed by atoms with Gasteiger partial charge in [0.1, 0.15) is 11.8 Å². The van der Waals surface area contributed by atoms with E-state index in [0.717, 1.165) is 5.56 Å². The highest BCUT2D eigenvalue weighted by Crippen LogP contribution is 2.35. The van der Waals surface area contributed by atoms with Crippen molar-refractivity contribution in [1.82, 2.24) is 0 Å². The Kier molecular flexibility index (Phi) is 4.46. The highest BCUT2D eigenvalue weighted by atomic mass is 35.5. The summed E-state index contributed by atoms with van der Waals surface area (Å²) in [4.78, 5) is 11.6. The zero-order valence-electron chi connectivity index (χ0n) is 11.5. The van der Waals surface area contributed by atoms with Crippen LogP contribution in [0.2, 0.25) is 5.02 Å². The molecular formula is C16H12ClNO3. The topological polar surface area (TPSA) is 59.3 Å². The third-order valence-electron chi connectivity index (χ3n) is 3.00. The molecule has 0 fully saturated rings. The van der Waals surface area contributed by atoms with Crippen LogP contribution in [0.25, 0.3) is 11.1 Å². The first-order valence-electron chi connectivity index (χ1n) is 6.07. The molecule has 0 aliphatic heterocycles. The lowest BCUT2D eigenvalue weighted by atomic mass is 10.00. The summed E-state index contributed by atoms with van der Waals surface area (Å²) in [6.07, 6.45) is 0. The van der Waals surface area contributed by atoms with Crippen molar-refractivity contribution in [3.8, 4) is 22.9 Å². The first-order chi connectivity index (χ1) is 10.1. The third-order valence-corrected chi connectivity index (χ3v) is 3.32. The summed E-state index contributed by atoms with van der Waals surface area (Å²) in [5.41, 5.74) is 2.19. The van der Waals surface area contributed by atoms with Crippen LogP contribution in [0.15, 0.2) is 36.4 Å². The van der Waals surface area contributed by atoms with E-state index < -0.39 is 5.97 Å². The second-order valence-electron chi connectivity index (χ2n) is 4.22. The molecule has 4 nitrogen and oxygen atoms in total. The first kappa shape index (κ1) is 14.9. The molecule has 0 radical (unpaired) electrons. The van der Waals surface area contributed by atoms with E-state index in [2.05, 4.69) is 0 Å². The summed E-state index contributed by atoms with van der Waals surface area (Å²) < 4.78 is 10.0. The average Bonchev–Trinajstić information content (AvgIpc) is 2.53. The van der Waals surface area contributed by atoms with Gasteiger partial charge in [0, 0.05) is 11.6 Å². The van der Waals surface area contributed by atoms with E-state index in [9.17, 15) is 4.79 Å². The molecule has 0 amide bonds. The lowest BCUT2D eigenvalue weighted by molar-refractivity contribution is 0.0601. The predicted octanol–water partition coefficient (Wildman–Crippen LogP) is 3.67. The number of hydrogen-bond donors (Lipinski definition) is 0. The van der Waals surface area contributed by atoms with E-state index in [-0.39, 0.29) is 0 Å². The van der Waals surface area contributed by atoms with Crippen LogP contribution in [0, 0.1) is 11.3 Å². The molecule has 0 unspecified atom stereocenters. The van der Waals surface area contributed by atoms with E-state index in [4.69, 9.17) is 26.3 Å². The van der Waals surface area contributed by atoms with E-state index in [0.29, 0.717) is 27.5 Å². The van der Waals surface area contributed by atoms with E-state index >= 15 is 0 Å². The molecular weight excluding hydrogens is 290 g/mol. The normalized spacial score (nSPS) is 9.81. The Morgan fingerprint density at radius 2 is 2.00 bits per heavy atom. The van der Waals surface area contributed by atoms with Gasteiger partial charge in [0.25, 0.3) is 0 Å². The van der Waals surface area contributed by atoms with Crippen molar-refractivity contribution in [2.75, 3.05) is 14.2 Å². The summed E-state index contributed by atoms with van der Waals surface area (Å²) in [5.74, 6) is 0.103. The molecule has 0 aromatic heterocycles. The number of carbonyl (C=O) groups excluding carboxylic acids is 1. The molecule has 0 saturated carbocycles. The number of nitriles is 1. The van der Waals surface area contributed by atoms with Gasteiger partial charge in [0.05, 0.1) is 30.4 Å². The summed E-state index contributed by atoms with van der Waals surface area (Å²) in [7, 11) is 2.84. The van der Waals surface area contributed by atoms with Gasteiger partial charge in [-0.2, -0.15) is 5.26 Å². The summed E-state index contributed by atoms with van der Waals surface area (Å²) in [6.45, 7) is 0. The number of methoxy groups -OCH3 is 2. The molecule has 0 saturated heterocycles.